The van der Waals surface area contributed by atoms with Gasteiger partial charge < -0.3 is 9.72 Å². The van der Waals surface area contributed by atoms with Crippen molar-refractivity contribution in [3.63, 3.8) is 0 Å². The highest BCUT2D eigenvalue weighted by Gasteiger charge is 2.13. The number of hydrogen-bond donors (Lipinski definition) is 1. The fraction of sp³-hybridized carbons (Fsp3) is 0.308. The Bertz CT molecular complexity index is 526. The van der Waals surface area contributed by atoms with Gasteiger partial charge in [0.2, 0.25) is 0 Å². The summed E-state index contributed by atoms with van der Waals surface area (Å²) in [6.07, 6.45) is 0.917. The second-order valence-corrected chi connectivity index (χ2v) is 4.14. The van der Waals surface area contributed by atoms with Crippen molar-refractivity contribution in [2.75, 3.05) is 7.11 Å². The van der Waals surface area contributed by atoms with E-state index in [-0.39, 0.29) is 0 Å². The summed E-state index contributed by atoms with van der Waals surface area (Å²) in [6.45, 7) is 4.13. The van der Waals surface area contributed by atoms with Crippen LogP contribution in [-0.2, 0) is 0 Å². The summed E-state index contributed by atoms with van der Waals surface area (Å²) >= 11 is 0. The minimum Gasteiger partial charge on any atom is -0.497 e. The molecule has 0 unspecified atom stereocenters. The zero-order valence-electron chi connectivity index (χ0n) is 9.70. The fourth-order valence-electron chi connectivity index (χ4n) is 1.93. The molecule has 0 saturated heterocycles. The summed E-state index contributed by atoms with van der Waals surface area (Å²) in [5, 5.41) is 0.958. The highest BCUT2D eigenvalue weighted by molar-refractivity contribution is 5.99. The first-order valence-corrected chi connectivity index (χ1v) is 5.32. The van der Waals surface area contributed by atoms with Crippen molar-refractivity contribution in [3.05, 3.63) is 29.5 Å². The van der Waals surface area contributed by atoms with Gasteiger partial charge in [-0.3, -0.25) is 4.79 Å². The van der Waals surface area contributed by atoms with Gasteiger partial charge in [0.25, 0.3) is 0 Å². The van der Waals surface area contributed by atoms with Crippen LogP contribution in [0.25, 0.3) is 10.9 Å². The Labute approximate surface area is 94.4 Å². The maximum Gasteiger partial charge on any atom is 0.152 e. The number of hydrogen-bond acceptors (Lipinski definition) is 2. The minimum atomic E-state index is 0.304. The molecule has 0 spiro atoms. The lowest BCUT2D eigenvalue weighted by molar-refractivity contribution is 0.112. The maximum absolute atomic E-state index is 11.1. The quantitative estimate of drug-likeness (QED) is 0.802. The Morgan fingerprint density at radius 2 is 2.12 bits per heavy atom. The predicted octanol–water partition coefficient (Wildman–Crippen LogP) is 3.11. The zero-order valence-corrected chi connectivity index (χ0v) is 9.70. The number of H-pyrrole nitrogens is 1. The number of carbonyl (C=O) groups excluding carboxylic acids is 1. The van der Waals surface area contributed by atoms with Crippen molar-refractivity contribution in [2.45, 2.75) is 19.8 Å². The molecule has 0 amide bonds. The summed E-state index contributed by atoms with van der Waals surface area (Å²) in [4.78, 5) is 14.4. The molecule has 3 nitrogen and oxygen atoms in total. The van der Waals surface area contributed by atoms with Gasteiger partial charge >= 0.3 is 0 Å². The molecular weight excluding hydrogens is 202 g/mol. The second-order valence-electron chi connectivity index (χ2n) is 4.14. The number of nitrogens with one attached hydrogen (secondary N) is 1. The van der Waals surface area contributed by atoms with Crippen LogP contribution in [-0.4, -0.2) is 18.4 Å². The molecule has 2 rings (SSSR count). The molecule has 1 aromatic carbocycles. The van der Waals surface area contributed by atoms with Crippen LogP contribution in [0, 0.1) is 0 Å². The lowest BCUT2D eigenvalue weighted by atomic mass is 10.0. The van der Waals surface area contributed by atoms with E-state index in [0.29, 0.717) is 5.92 Å². The van der Waals surface area contributed by atoms with E-state index < -0.39 is 0 Å². The first kappa shape index (κ1) is 10.7. The molecule has 0 atom stereocenters. The molecule has 16 heavy (non-hydrogen) atoms. The van der Waals surface area contributed by atoms with Crippen LogP contribution in [0.3, 0.4) is 0 Å². The number of rotatable bonds is 3. The van der Waals surface area contributed by atoms with Crippen molar-refractivity contribution in [2.24, 2.45) is 0 Å². The summed E-state index contributed by atoms with van der Waals surface area (Å²) in [6, 6.07) is 5.70. The van der Waals surface area contributed by atoms with E-state index in [1.165, 1.54) is 0 Å². The first-order valence-electron chi connectivity index (χ1n) is 5.32. The third-order valence-electron chi connectivity index (χ3n) is 2.77. The third-order valence-corrected chi connectivity index (χ3v) is 2.77. The van der Waals surface area contributed by atoms with Gasteiger partial charge in [-0.2, -0.15) is 0 Å². The van der Waals surface area contributed by atoms with Gasteiger partial charge in [0, 0.05) is 22.7 Å². The van der Waals surface area contributed by atoms with Gasteiger partial charge in [0.15, 0.2) is 6.29 Å². The number of aldehydes is 1. The number of aromatic nitrogens is 1. The summed E-state index contributed by atoms with van der Waals surface area (Å²) < 4.78 is 5.16. The summed E-state index contributed by atoms with van der Waals surface area (Å²) in [5.41, 5.74) is 2.69. The van der Waals surface area contributed by atoms with Crippen molar-refractivity contribution in [1.82, 2.24) is 4.98 Å². The fourth-order valence-corrected chi connectivity index (χ4v) is 1.93. The van der Waals surface area contributed by atoms with E-state index in [4.69, 9.17) is 4.74 Å². The molecule has 0 fully saturated rings. The van der Waals surface area contributed by atoms with Crippen LogP contribution in [0.2, 0.25) is 0 Å². The normalized spacial score (nSPS) is 11.0. The number of aromatic amines is 1. The molecule has 1 heterocycles. The summed E-state index contributed by atoms with van der Waals surface area (Å²) in [7, 11) is 1.63. The Morgan fingerprint density at radius 3 is 2.69 bits per heavy atom. The first-order chi connectivity index (χ1) is 7.67. The molecule has 0 saturated carbocycles. The third kappa shape index (κ3) is 1.58. The van der Waals surface area contributed by atoms with Gasteiger partial charge in [-0.25, -0.2) is 0 Å². The lowest BCUT2D eigenvalue weighted by Gasteiger charge is -2.01. The van der Waals surface area contributed by atoms with Crippen molar-refractivity contribution >= 4 is 17.2 Å². The Morgan fingerprint density at radius 1 is 1.38 bits per heavy atom. The van der Waals surface area contributed by atoms with Crippen molar-refractivity contribution < 1.29 is 9.53 Å². The standard InChI is InChI=1S/C13H15NO2/c1-8(2)13-11(7-15)10-5-4-9(16-3)6-12(10)14-13/h4-8,14H,1-3H3. The number of carbonyl (C=O) groups is 1. The largest absolute Gasteiger partial charge is 0.497 e. The average molecular weight is 217 g/mol. The molecule has 1 N–H and O–H groups in total. The van der Waals surface area contributed by atoms with E-state index >= 15 is 0 Å². The minimum absolute atomic E-state index is 0.304. The molecule has 0 aliphatic carbocycles. The number of fused-ring (bicyclic) bond motifs is 1. The molecule has 84 valence electrons. The molecular formula is C13H15NO2. The van der Waals surface area contributed by atoms with Gasteiger partial charge in [-0.1, -0.05) is 13.8 Å². The van der Waals surface area contributed by atoms with E-state index in [0.717, 1.165) is 34.2 Å². The maximum atomic E-state index is 11.1. The van der Waals surface area contributed by atoms with Gasteiger partial charge in [-0.05, 0) is 18.1 Å². The zero-order chi connectivity index (χ0) is 11.7. The average Bonchev–Trinajstić information content (AvgIpc) is 2.66. The SMILES string of the molecule is COc1ccc2c(C=O)c(C(C)C)[nH]c2c1. The summed E-state index contributed by atoms with van der Waals surface area (Å²) in [5.74, 6) is 1.10. The van der Waals surface area contributed by atoms with Crippen LogP contribution in [0.15, 0.2) is 18.2 Å². The monoisotopic (exact) mass is 217 g/mol. The van der Waals surface area contributed by atoms with E-state index in [9.17, 15) is 4.79 Å². The van der Waals surface area contributed by atoms with Crippen LogP contribution >= 0.6 is 0 Å². The van der Waals surface area contributed by atoms with Crippen molar-refractivity contribution in [3.8, 4) is 5.75 Å². The number of methoxy groups -OCH3 is 1. The predicted molar refractivity (Wildman–Crippen MR) is 64.3 cm³/mol. The van der Waals surface area contributed by atoms with Gasteiger partial charge in [-0.15, -0.1) is 0 Å². The molecule has 0 aliphatic heterocycles. The van der Waals surface area contributed by atoms with E-state index in [1.807, 2.05) is 18.2 Å². The van der Waals surface area contributed by atoms with Crippen LogP contribution in [0.5, 0.6) is 5.75 Å². The van der Waals surface area contributed by atoms with Crippen LogP contribution < -0.4 is 4.74 Å². The Hall–Kier alpha value is -1.77. The van der Waals surface area contributed by atoms with Crippen LogP contribution in [0.1, 0.15) is 35.8 Å². The molecule has 0 bridgehead atoms. The van der Waals surface area contributed by atoms with Gasteiger partial charge in [0.1, 0.15) is 5.75 Å². The molecule has 0 radical (unpaired) electrons. The molecule has 3 heteroatoms. The second kappa shape index (κ2) is 4.00. The number of benzene rings is 1. The molecule has 2 aromatic rings. The molecule has 0 aliphatic rings. The highest BCUT2D eigenvalue weighted by atomic mass is 16.5. The highest BCUT2D eigenvalue weighted by Crippen LogP contribution is 2.28. The number of ether oxygens (including phenoxy) is 1. The smallest absolute Gasteiger partial charge is 0.152 e. The lowest BCUT2D eigenvalue weighted by Crippen LogP contribution is -1.92. The molecule has 1 aromatic heterocycles. The van der Waals surface area contributed by atoms with Crippen LogP contribution in [0.4, 0.5) is 0 Å². The Kier molecular flexibility index (Phi) is 2.69. The van der Waals surface area contributed by atoms with E-state index in [2.05, 4.69) is 18.8 Å². The van der Waals surface area contributed by atoms with Gasteiger partial charge in [0.05, 0.1) is 12.6 Å². The van der Waals surface area contributed by atoms with E-state index in [1.54, 1.807) is 7.11 Å². The Balaban J connectivity index is 2.71. The van der Waals surface area contributed by atoms with Crippen molar-refractivity contribution in [1.29, 1.82) is 0 Å². The topological polar surface area (TPSA) is 42.1 Å².